The molecular formula is C17H23N10+. The molecule has 0 aliphatic carbocycles. The van der Waals surface area contributed by atoms with Crippen molar-refractivity contribution in [3.63, 3.8) is 0 Å². The van der Waals surface area contributed by atoms with Crippen molar-refractivity contribution in [3.8, 4) is 0 Å². The highest BCUT2D eigenvalue weighted by Gasteiger charge is 2.27. The molecule has 2 aromatic heterocycles. The van der Waals surface area contributed by atoms with E-state index in [1.807, 2.05) is 0 Å². The van der Waals surface area contributed by atoms with E-state index in [4.69, 9.17) is 16.9 Å². The lowest BCUT2D eigenvalue weighted by Gasteiger charge is -2.39. The van der Waals surface area contributed by atoms with Crippen molar-refractivity contribution >= 4 is 34.9 Å². The smallest absolute Gasteiger partial charge is 0.183 e. The number of anilines is 3. The molecule has 0 saturated carbocycles. The Morgan fingerprint density at radius 2 is 1.93 bits per heavy atom. The summed E-state index contributed by atoms with van der Waals surface area (Å²) >= 11 is 0. The standard InChI is InChI=1S/C17H23N10/c1-27(2)7-5-25(6-8-27)16-12(19)9-11(18)15(24-16)23-13-10-22-26-14(20)3-4-21-17(13)26/h3-4,9-10,20H,5-8,18-19H2,1-2H3/q+1. The molecule has 0 bridgehead atoms. The maximum atomic E-state index is 7.88. The average Bonchev–Trinajstić information content (AvgIpc) is 3.02. The van der Waals surface area contributed by atoms with Gasteiger partial charge in [-0.15, -0.1) is 0 Å². The van der Waals surface area contributed by atoms with Gasteiger partial charge in [0.2, 0.25) is 0 Å². The van der Waals surface area contributed by atoms with Gasteiger partial charge in [-0.1, -0.05) is 0 Å². The number of piperazine rings is 1. The zero-order chi connectivity index (χ0) is 19.2. The molecule has 27 heavy (non-hydrogen) atoms. The van der Waals surface area contributed by atoms with Crippen molar-refractivity contribution in [2.24, 2.45) is 10.1 Å². The molecule has 0 atom stereocenters. The molecule has 4 heterocycles. The minimum absolute atomic E-state index is 0.231. The quantitative estimate of drug-likeness (QED) is 0.631. The maximum Gasteiger partial charge on any atom is 0.183 e. The van der Waals surface area contributed by atoms with Crippen LogP contribution in [0.2, 0.25) is 0 Å². The molecule has 0 spiro atoms. The summed E-state index contributed by atoms with van der Waals surface area (Å²) in [4.78, 5) is 15.6. The molecule has 10 nitrogen and oxygen atoms in total. The van der Waals surface area contributed by atoms with Gasteiger partial charge in [-0.25, -0.2) is 15.0 Å². The molecule has 0 radical (unpaired) electrons. The van der Waals surface area contributed by atoms with E-state index in [2.05, 4.69) is 39.1 Å². The molecule has 5 N–H and O–H groups in total. The summed E-state index contributed by atoms with van der Waals surface area (Å²) < 4.78 is 2.39. The third kappa shape index (κ3) is 3.14. The van der Waals surface area contributed by atoms with Gasteiger partial charge in [0.25, 0.3) is 0 Å². The van der Waals surface area contributed by atoms with Crippen molar-refractivity contribution in [1.82, 2.24) is 14.6 Å². The van der Waals surface area contributed by atoms with Crippen molar-refractivity contribution in [2.45, 2.75) is 0 Å². The first-order chi connectivity index (χ1) is 12.8. The van der Waals surface area contributed by atoms with E-state index < -0.39 is 0 Å². The molecule has 0 unspecified atom stereocenters. The summed E-state index contributed by atoms with van der Waals surface area (Å²) in [5.74, 6) is 1.57. The minimum Gasteiger partial charge on any atom is -0.396 e. The molecule has 2 aliphatic heterocycles. The summed E-state index contributed by atoms with van der Waals surface area (Å²) in [5.41, 5.74) is 14.0. The first kappa shape index (κ1) is 17.2. The molecular weight excluding hydrogens is 344 g/mol. The van der Waals surface area contributed by atoms with Crippen LogP contribution in [0, 0.1) is 5.41 Å². The minimum atomic E-state index is 0.231. The Morgan fingerprint density at radius 1 is 1.19 bits per heavy atom. The number of quaternary nitrogens is 1. The number of aliphatic imine (C=N–C) groups is 1. The molecule has 0 aromatic carbocycles. The molecule has 2 aromatic rings. The molecule has 1 fully saturated rings. The van der Waals surface area contributed by atoms with Gasteiger partial charge in [-0.05, 0) is 6.07 Å². The summed E-state index contributed by atoms with van der Waals surface area (Å²) in [6.45, 7) is 3.77. The number of likely N-dealkylation sites (N-methyl/N-ethyl adjacent to an activating group) is 1. The second kappa shape index (κ2) is 6.16. The van der Waals surface area contributed by atoms with E-state index in [9.17, 15) is 0 Å². The number of hydrogen-bond donors (Lipinski definition) is 3. The fourth-order valence-corrected chi connectivity index (χ4v) is 3.16. The van der Waals surface area contributed by atoms with Crippen molar-refractivity contribution in [3.05, 3.63) is 29.6 Å². The Labute approximate surface area is 156 Å². The van der Waals surface area contributed by atoms with Crippen LogP contribution in [0.15, 0.2) is 28.4 Å². The molecule has 4 rings (SSSR count). The number of pyridine rings is 1. The molecule has 140 valence electrons. The predicted octanol–water partition coefficient (Wildman–Crippen LogP) is -0.213. The van der Waals surface area contributed by atoms with E-state index in [1.54, 1.807) is 24.5 Å². The first-order valence-corrected chi connectivity index (χ1v) is 8.73. The Kier molecular flexibility index (Phi) is 3.92. The van der Waals surface area contributed by atoms with Gasteiger partial charge < -0.3 is 20.9 Å². The number of nitrogen functional groups attached to an aromatic ring is 2. The van der Waals surface area contributed by atoms with Crippen molar-refractivity contribution in [2.75, 3.05) is 56.6 Å². The van der Waals surface area contributed by atoms with Crippen LogP contribution >= 0.6 is 0 Å². The van der Waals surface area contributed by atoms with Crippen LogP contribution in [0.4, 0.5) is 23.0 Å². The Morgan fingerprint density at radius 3 is 2.67 bits per heavy atom. The second-order valence-corrected chi connectivity index (χ2v) is 7.39. The third-order valence-corrected chi connectivity index (χ3v) is 4.90. The lowest BCUT2D eigenvalue weighted by molar-refractivity contribution is -0.890. The lowest BCUT2D eigenvalue weighted by Crippen LogP contribution is -2.55. The fourth-order valence-electron chi connectivity index (χ4n) is 3.16. The number of fused-ring (bicyclic) bond motifs is 1. The summed E-state index contributed by atoms with van der Waals surface area (Å²) in [5, 5.41) is 12.0. The number of hydrogen-bond acceptors (Lipinski definition) is 8. The van der Waals surface area contributed by atoms with Gasteiger partial charge in [0.1, 0.15) is 11.2 Å². The van der Waals surface area contributed by atoms with Crippen molar-refractivity contribution < 1.29 is 4.48 Å². The van der Waals surface area contributed by atoms with Gasteiger partial charge in [0, 0.05) is 12.3 Å². The van der Waals surface area contributed by atoms with Crippen LogP contribution < -0.4 is 21.9 Å². The number of nitrogens with one attached hydrogen (secondary N) is 1. The topological polar surface area (TPSA) is 135 Å². The van der Waals surface area contributed by atoms with Crippen LogP contribution in [0.25, 0.3) is 0 Å². The lowest BCUT2D eigenvalue weighted by atomic mass is 10.2. The SMILES string of the molecule is C[N+]1(C)CCN(c2nc(N=C3C=Nn4c3nccc4=N)c(N)cc2N)CC1. The second-order valence-electron chi connectivity index (χ2n) is 7.39. The molecule has 1 saturated heterocycles. The van der Waals surface area contributed by atoms with E-state index in [0.29, 0.717) is 34.5 Å². The number of rotatable bonds is 2. The van der Waals surface area contributed by atoms with Gasteiger partial charge in [-0.3, -0.25) is 5.41 Å². The number of nitrogens with two attached hydrogens (primary N) is 2. The van der Waals surface area contributed by atoms with Gasteiger partial charge in [0.05, 0.1) is 57.9 Å². The first-order valence-electron chi connectivity index (χ1n) is 8.73. The predicted molar refractivity (Wildman–Crippen MR) is 105 cm³/mol. The van der Waals surface area contributed by atoms with E-state index in [-0.39, 0.29) is 5.49 Å². The average molecular weight is 367 g/mol. The van der Waals surface area contributed by atoms with Gasteiger partial charge >= 0.3 is 0 Å². The van der Waals surface area contributed by atoms with Crippen LogP contribution in [-0.4, -0.2) is 71.3 Å². The van der Waals surface area contributed by atoms with Gasteiger partial charge in [0.15, 0.2) is 17.5 Å². The van der Waals surface area contributed by atoms with Crippen LogP contribution in [-0.2, 0) is 0 Å². The highest BCUT2D eigenvalue weighted by Crippen LogP contribution is 2.31. The third-order valence-electron chi connectivity index (χ3n) is 4.90. The normalized spacial score (nSPS) is 19.5. The summed E-state index contributed by atoms with van der Waals surface area (Å²) in [6.07, 6.45) is 3.11. The fraction of sp³-hybridized carbons (Fsp3) is 0.353. The van der Waals surface area contributed by atoms with E-state index in [0.717, 1.165) is 30.7 Å². The summed E-state index contributed by atoms with van der Waals surface area (Å²) in [6, 6.07) is 3.26. The van der Waals surface area contributed by atoms with E-state index in [1.165, 1.54) is 4.68 Å². The molecule has 2 aliphatic rings. The van der Waals surface area contributed by atoms with E-state index >= 15 is 0 Å². The van der Waals surface area contributed by atoms with Crippen LogP contribution in [0.5, 0.6) is 0 Å². The monoisotopic (exact) mass is 367 g/mol. The molecule has 0 amide bonds. The van der Waals surface area contributed by atoms with Crippen molar-refractivity contribution in [1.29, 1.82) is 5.41 Å². The molecule has 10 heteroatoms. The maximum absolute atomic E-state index is 7.88. The van der Waals surface area contributed by atoms with Gasteiger partial charge in [-0.2, -0.15) is 9.78 Å². The van der Waals surface area contributed by atoms with Crippen LogP contribution in [0.3, 0.4) is 0 Å². The zero-order valence-electron chi connectivity index (χ0n) is 15.4. The highest BCUT2D eigenvalue weighted by atomic mass is 15.4. The number of nitrogens with zero attached hydrogens (tertiary/aromatic N) is 7. The largest absolute Gasteiger partial charge is 0.396 e. The zero-order valence-corrected chi connectivity index (χ0v) is 15.4. The Balaban J connectivity index is 1.71. The van der Waals surface area contributed by atoms with Crippen LogP contribution in [0.1, 0.15) is 5.82 Å². The summed E-state index contributed by atoms with van der Waals surface area (Å²) in [7, 11) is 4.44. The number of aromatic nitrogens is 3. The Hall–Kier alpha value is -3.27. The highest BCUT2D eigenvalue weighted by molar-refractivity contribution is 6.39. The Bertz CT molecular complexity index is 1010.